The van der Waals surface area contributed by atoms with E-state index in [2.05, 4.69) is 15.9 Å². The number of aliphatic carboxylic acids is 1. The van der Waals surface area contributed by atoms with E-state index in [-0.39, 0.29) is 52.4 Å². The number of aromatic carboxylic acids is 1. The standard InChI is InChI=1S/C11H7NO4.2C4H5NO3.C2H3BrO2/c13-9-4-5-10(14)12(9)8-3-1-2-7(6-8)11(15)16;2*6-3-1-2-4(7)5(3)8;3-1-2(4)5/h1-6H,(H,15,16);2*8H,1-2H2;1H2,(H,4,5). The Balaban J connectivity index is 0.000000275. The van der Waals surface area contributed by atoms with Crippen LogP contribution in [-0.2, 0) is 33.6 Å². The Hall–Kier alpha value is -4.28. The zero-order valence-corrected chi connectivity index (χ0v) is 20.4. The number of carboxylic acids is 2. The molecular weight excluding hydrogens is 566 g/mol. The molecule has 4 N–H and O–H groups in total. The van der Waals surface area contributed by atoms with Crippen LogP contribution in [0.3, 0.4) is 0 Å². The molecule has 0 atom stereocenters. The van der Waals surface area contributed by atoms with Crippen LogP contribution in [0.4, 0.5) is 5.69 Å². The van der Waals surface area contributed by atoms with Crippen molar-refractivity contribution in [1.29, 1.82) is 0 Å². The molecule has 6 amide bonds. The summed E-state index contributed by atoms with van der Waals surface area (Å²) in [6.45, 7) is 0. The topological polar surface area (TPSA) is 227 Å². The largest absolute Gasteiger partial charge is 0.481 e. The van der Waals surface area contributed by atoms with Gasteiger partial charge in [-0.05, 0) is 18.2 Å². The quantitative estimate of drug-likeness (QED) is 0.213. The molecule has 198 valence electrons. The summed E-state index contributed by atoms with van der Waals surface area (Å²) in [5, 5.41) is 33.6. The van der Waals surface area contributed by atoms with Crippen LogP contribution in [0.2, 0.25) is 0 Å². The molecule has 0 radical (unpaired) electrons. The lowest BCUT2D eigenvalue weighted by molar-refractivity contribution is -0.172. The molecule has 15 nitrogen and oxygen atoms in total. The summed E-state index contributed by atoms with van der Waals surface area (Å²) in [6, 6.07) is 5.67. The van der Waals surface area contributed by atoms with E-state index in [4.69, 9.17) is 20.6 Å². The highest BCUT2D eigenvalue weighted by atomic mass is 79.9. The fourth-order valence-electron chi connectivity index (χ4n) is 2.56. The molecule has 0 spiro atoms. The van der Waals surface area contributed by atoms with Gasteiger partial charge >= 0.3 is 11.9 Å². The van der Waals surface area contributed by atoms with Crippen molar-refractivity contribution in [2.24, 2.45) is 0 Å². The fraction of sp³-hybridized carbons (Fsp3) is 0.238. The van der Waals surface area contributed by atoms with Gasteiger partial charge in [0.25, 0.3) is 35.4 Å². The van der Waals surface area contributed by atoms with Gasteiger partial charge in [0, 0.05) is 37.8 Å². The van der Waals surface area contributed by atoms with Crippen LogP contribution in [-0.4, -0.2) is 83.5 Å². The third kappa shape index (κ3) is 9.36. The molecule has 16 heteroatoms. The van der Waals surface area contributed by atoms with Gasteiger partial charge in [-0.3, -0.25) is 44.0 Å². The summed E-state index contributed by atoms with van der Waals surface area (Å²) in [6.07, 6.45) is 2.89. The number of nitrogens with zero attached hydrogens (tertiary/aromatic N) is 3. The van der Waals surface area contributed by atoms with E-state index in [1.54, 1.807) is 0 Å². The first-order valence-corrected chi connectivity index (χ1v) is 11.2. The van der Waals surface area contributed by atoms with Gasteiger partial charge in [-0.1, -0.05) is 22.0 Å². The highest BCUT2D eigenvalue weighted by Gasteiger charge is 2.28. The van der Waals surface area contributed by atoms with Gasteiger partial charge in [-0.15, -0.1) is 0 Å². The van der Waals surface area contributed by atoms with Crippen molar-refractivity contribution < 1.29 is 59.0 Å². The smallest absolute Gasteiger partial charge is 0.335 e. The summed E-state index contributed by atoms with van der Waals surface area (Å²) in [5.41, 5.74) is 0.296. The summed E-state index contributed by atoms with van der Waals surface area (Å²) >= 11 is 2.71. The highest BCUT2D eigenvalue weighted by molar-refractivity contribution is 9.09. The Morgan fingerprint density at radius 1 is 0.757 bits per heavy atom. The molecule has 0 unspecified atom stereocenters. The van der Waals surface area contributed by atoms with Crippen molar-refractivity contribution in [3.8, 4) is 0 Å². The summed E-state index contributed by atoms with van der Waals surface area (Å²) in [4.78, 5) is 84.6. The first-order chi connectivity index (χ1) is 17.3. The Morgan fingerprint density at radius 2 is 1.14 bits per heavy atom. The van der Waals surface area contributed by atoms with Crippen molar-refractivity contribution >= 4 is 69.0 Å². The van der Waals surface area contributed by atoms with Crippen LogP contribution < -0.4 is 4.90 Å². The van der Waals surface area contributed by atoms with Crippen molar-refractivity contribution in [1.82, 2.24) is 10.1 Å². The Labute approximate surface area is 216 Å². The van der Waals surface area contributed by atoms with Crippen molar-refractivity contribution in [3.63, 3.8) is 0 Å². The third-order valence-corrected chi connectivity index (χ3v) is 4.80. The average Bonchev–Trinajstić information content (AvgIpc) is 3.47. The van der Waals surface area contributed by atoms with Crippen molar-refractivity contribution in [3.05, 3.63) is 42.0 Å². The second-order valence-corrected chi connectivity index (χ2v) is 7.49. The number of hydroxylamine groups is 4. The number of halogens is 1. The maximum absolute atomic E-state index is 11.3. The number of carbonyl (C=O) groups is 8. The lowest BCUT2D eigenvalue weighted by Crippen LogP contribution is -2.29. The maximum atomic E-state index is 11.3. The molecule has 3 aliphatic rings. The average molecular weight is 586 g/mol. The molecule has 0 aromatic heterocycles. The van der Waals surface area contributed by atoms with E-state index in [0.717, 1.165) is 17.1 Å². The van der Waals surface area contributed by atoms with Crippen molar-refractivity contribution in [2.45, 2.75) is 25.7 Å². The number of anilines is 1. The van der Waals surface area contributed by atoms with Crippen LogP contribution in [0, 0.1) is 0 Å². The van der Waals surface area contributed by atoms with E-state index in [1.165, 1.54) is 24.3 Å². The molecule has 37 heavy (non-hydrogen) atoms. The van der Waals surface area contributed by atoms with Crippen LogP contribution in [0.15, 0.2) is 36.4 Å². The van der Waals surface area contributed by atoms with Gasteiger partial charge in [-0.25, -0.2) is 9.69 Å². The molecule has 1 aromatic rings. The van der Waals surface area contributed by atoms with Gasteiger partial charge in [0.1, 0.15) is 5.33 Å². The summed E-state index contributed by atoms with van der Waals surface area (Å²) < 4.78 is 0. The minimum absolute atomic E-state index is 0.0324. The van der Waals surface area contributed by atoms with Crippen LogP contribution in [0.25, 0.3) is 0 Å². The predicted octanol–water partition coefficient (Wildman–Crippen LogP) is 0.329. The van der Waals surface area contributed by atoms with E-state index in [0.29, 0.717) is 0 Å². The lowest BCUT2D eigenvalue weighted by Gasteiger charge is -2.13. The summed E-state index contributed by atoms with van der Waals surface area (Å²) in [5.74, 6) is -4.88. The Bertz CT molecular complexity index is 1070. The van der Waals surface area contributed by atoms with Gasteiger partial charge in [0.15, 0.2) is 0 Å². The fourth-order valence-corrected chi connectivity index (χ4v) is 2.56. The second-order valence-electron chi connectivity index (χ2n) is 6.93. The van der Waals surface area contributed by atoms with Gasteiger partial charge in [0.05, 0.1) is 11.3 Å². The molecule has 3 aliphatic heterocycles. The number of hydrogen-bond acceptors (Lipinski definition) is 10. The molecule has 1 aromatic carbocycles. The van der Waals surface area contributed by atoms with E-state index in [1.807, 2.05) is 0 Å². The molecule has 0 bridgehead atoms. The number of carbonyl (C=O) groups excluding carboxylic acids is 6. The van der Waals surface area contributed by atoms with Gasteiger partial charge < -0.3 is 10.2 Å². The zero-order valence-electron chi connectivity index (χ0n) is 18.8. The minimum Gasteiger partial charge on any atom is -0.481 e. The molecular formula is C21H20BrN3O12. The van der Waals surface area contributed by atoms with Gasteiger partial charge in [-0.2, -0.15) is 10.1 Å². The van der Waals surface area contributed by atoms with E-state index in [9.17, 15) is 38.4 Å². The molecule has 4 rings (SSSR count). The minimum atomic E-state index is -1.10. The number of hydrogen-bond donors (Lipinski definition) is 4. The predicted molar refractivity (Wildman–Crippen MR) is 122 cm³/mol. The third-order valence-electron chi connectivity index (χ3n) is 4.33. The van der Waals surface area contributed by atoms with Crippen LogP contribution >= 0.6 is 15.9 Å². The van der Waals surface area contributed by atoms with E-state index < -0.39 is 47.4 Å². The normalized spacial score (nSPS) is 16.1. The molecule has 2 fully saturated rings. The monoisotopic (exact) mass is 585 g/mol. The molecule has 0 saturated carbocycles. The van der Waals surface area contributed by atoms with Crippen molar-refractivity contribution in [2.75, 3.05) is 10.2 Å². The van der Waals surface area contributed by atoms with Crippen LogP contribution in [0.5, 0.6) is 0 Å². The second kappa shape index (κ2) is 14.3. The number of carboxylic acid groups (broad SMARTS) is 2. The van der Waals surface area contributed by atoms with Crippen LogP contribution in [0.1, 0.15) is 36.0 Å². The molecule has 2 saturated heterocycles. The maximum Gasteiger partial charge on any atom is 0.335 e. The lowest BCUT2D eigenvalue weighted by atomic mass is 10.2. The number of amides is 6. The number of benzene rings is 1. The Kier molecular flexibility index (Phi) is 11.9. The zero-order chi connectivity index (χ0) is 28.3. The number of rotatable bonds is 3. The molecule has 0 aliphatic carbocycles. The highest BCUT2D eigenvalue weighted by Crippen LogP contribution is 2.20. The number of imide groups is 3. The summed E-state index contributed by atoms with van der Waals surface area (Å²) in [7, 11) is 0. The molecule has 3 heterocycles. The van der Waals surface area contributed by atoms with Gasteiger partial charge in [0.2, 0.25) is 0 Å². The SMILES string of the molecule is O=C(O)CBr.O=C(O)c1cccc(N2C(=O)C=CC2=O)c1.O=C1CCC(=O)N1O.O=C1CCC(=O)N1O. The Morgan fingerprint density at radius 3 is 1.41 bits per heavy atom. The first-order valence-electron chi connectivity index (χ1n) is 10.1. The number of alkyl halides is 1. The first kappa shape index (κ1) is 30.8. The van der Waals surface area contributed by atoms with E-state index >= 15 is 0 Å².